The maximum atomic E-state index is 2.36. The molecule has 3 rings (SSSR count). The summed E-state index contributed by atoms with van der Waals surface area (Å²) in [5.74, 6) is 0.550. The van der Waals surface area contributed by atoms with Gasteiger partial charge in [0.2, 0.25) is 0 Å². The van der Waals surface area contributed by atoms with Crippen molar-refractivity contribution in [3.05, 3.63) is 82.1 Å². The number of aryl methyl sites for hydroxylation is 1. The van der Waals surface area contributed by atoms with Gasteiger partial charge in [0.05, 0.1) is 9.52 Å². The minimum Gasteiger partial charge on any atom is -0.0633 e. The quantitative estimate of drug-likeness (QED) is 0.746. The van der Waals surface area contributed by atoms with E-state index in [1.54, 1.807) is 21.9 Å². The fourth-order valence-electron chi connectivity index (χ4n) is 3.43. The zero-order valence-electron chi connectivity index (χ0n) is 14.0. The van der Waals surface area contributed by atoms with Crippen LogP contribution in [0.4, 0.5) is 0 Å². The van der Waals surface area contributed by atoms with Crippen LogP contribution in [0, 0.1) is 12.8 Å². The Bertz CT molecular complexity index is 733. The second kappa shape index (κ2) is 6.10. The third kappa shape index (κ3) is 2.73. The molecular formula is C21H24Si. The number of hydrogen-bond acceptors (Lipinski definition) is 0. The monoisotopic (exact) mass is 304 g/mol. The Balaban J connectivity index is 2.07. The highest BCUT2D eigenvalue weighted by Gasteiger charge is 2.26. The lowest BCUT2D eigenvalue weighted by molar-refractivity contribution is 0.895. The van der Waals surface area contributed by atoms with Crippen LogP contribution in [0.5, 0.6) is 0 Å². The smallest absolute Gasteiger partial charge is 0.0633 e. The molecule has 0 N–H and O–H groups in total. The maximum absolute atomic E-state index is 2.36. The van der Waals surface area contributed by atoms with Crippen LogP contribution in [0.2, 0.25) is 0 Å². The first-order valence-corrected chi connectivity index (χ1v) is 9.51. The summed E-state index contributed by atoms with van der Waals surface area (Å²) in [7, 11) is -0.425. The molecule has 0 heterocycles. The van der Waals surface area contributed by atoms with Gasteiger partial charge in [-0.15, -0.1) is 0 Å². The SMILES string of the molecule is CC1=C(C)C(C)C(c2ccc(C)cc2)=C1[SiH2]c1ccccc1. The molecule has 0 aliphatic heterocycles. The van der Waals surface area contributed by atoms with Gasteiger partial charge in [0.25, 0.3) is 0 Å². The van der Waals surface area contributed by atoms with Crippen molar-refractivity contribution >= 4 is 20.3 Å². The Labute approximate surface area is 136 Å². The molecule has 22 heavy (non-hydrogen) atoms. The maximum Gasteiger partial charge on any atom is 0.0882 e. The lowest BCUT2D eigenvalue weighted by Crippen LogP contribution is -2.17. The van der Waals surface area contributed by atoms with Crippen LogP contribution in [0.1, 0.15) is 31.9 Å². The van der Waals surface area contributed by atoms with Gasteiger partial charge in [-0.05, 0) is 31.9 Å². The summed E-state index contributed by atoms with van der Waals surface area (Å²) in [6, 6.07) is 20.1. The molecule has 0 bridgehead atoms. The van der Waals surface area contributed by atoms with Gasteiger partial charge in [-0.1, -0.05) is 88.6 Å². The summed E-state index contributed by atoms with van der Waals surface area (Å²) < 4.78 is 0. The van der Waals surface area contributed by atoms with E-state index in [1.165, 1.54) is 16.3 Å². The third-order valence-electron chi connectivity index (χ3n) is 5.04. The normalized spacial score (nSPS) is 18.8. The van der Waals surface area contributed by atoms with E-state index >= 15 is 0 Å². The molecule has 112 valence electrons. The molecule has 0 nitrogen and oxygen atoms in total. The van der Waals surface area contributed by atoms with E-state index in [9.17, 15) is 0 Å². The van der Waals surface area contributed by atoms with Crippen LogP contribution < -0.4 is 5.19 Å². The second-order valence-corrected chi connectivity index (χ2v) is 8.33. The Kier molecular flexibility index (Phi) is 4.17. The van der Waals surface area contributed by atoms with Gasteiger partial charge in [-0.2, -0.15) is 0 Å². The number of rotatable bonds is 3. The van der Waals surface area contributed by atoms with E-state index in [0.29, 0.717) is 5.92 Å². The van der Waals surface area contributed by atoms with Crippen molar-refractivity contribution in [2.45, 2.75) is 27.7 Å². The standard InChI is InChI=1S/C21H24Si/c1-14-10-12-18(13-11-14)20-16(3)15(2)17(4)21(20)22-19-8-6-5-7-9-19/h5-13,16H,22H2,1-4H3. The van der Waals surface area contributed by atoms with Crippen molar-refractivity contribution in [1.82, 2.24) is 0 Å². The molecule has 1 aliphatic rings. The summed E-state index contributed by atoms with van der Waals surface area (Å²) in [6.45, 7) is 9.14. The van der Waals surface area contributed by atoms with Crippen molar-refractivity contribution in [3.63, 3.8) is 0 Å². The summed E-state index contributed by atoms with van der Waals surface area (Å²) >= 11 is 0. The van der Waals surface area contributed by atoms with Crippen molar-refractivity contribution in [2.24, 2.45) is 5.92 Å². The lowest BCUT2D eigenvalue weighted by Gasteiger charge is -2.15. The lowest BCUT2D eigenvalue weighted by atomic mass is 9.92. The molecule has 0 aromatic heterocycles. The van der Waals surface area contributed by atoms with Crippen LogP contribution in [-0.4, -0.2) is 9.52 Å². The minimum atomic E-state index is -0.425. The summed E-state index contributed by atoms with van der Waals surface area (Å²) in [5, 5.41) is 3.18. The summed E-state index contributed by atoms with van der Waals surface area (Å²) in [5.41, 5.74) is 7.41. The number of benzene rings is 2. The van der Waals surface area contributed by atoms with Gasteiger partial charge in [0, 0.05) is 5.92 Å². The largest absolute Gasteiger partial charge is 0.0882 e. The summed E-state index contributed by atoms with van der Waals surface area (Å²) in [6.07, 6.45) is 0. The average Bonchev–Trinajstić information content (AvgIpc) is 2.74. The van der Waals surface area contributed by atoms with Gasteiger partial charge in [-0.3, -0.25) is 0 Å². The predicted molar refractivity (Wildman–Crippen MR) is 100 cm³/mol. The summed E-state index contributed by atoms with van der Waals surface area (Å²) in [4.78, 5) is 0. The minimum absolute atomic E-state index is 0.425. The van der Waals surface area contributed by atoms with Gasteiger partial charge < -0.3 is 0 Å². The number of hydrogen-bond donors (Lipinski definition) is 0. The average molecular weight is 305 g/mol. The van der Waals surface area contributed by atoms with Gasteiger partial charge in [0.15, 0.2) is 0 Å². The molecule has 0 spiro atoms. The van der Waals surface area contributed by atoms with Crippen molar-refractivity contribution in [1.29, 1.82) is 0 Å². The Hall–Kier alpha value is -1.86. The molecule has 1 unspecified atom stereocenters. The molecule has 2 aromatic carbocycles. The van der Waals surface area contributed by atoms with E-state index in [4.69, 9.17) is 0 Å². The van der Waals surface area contributed by atoms with Crippen molar-refractivity contribution in [2.75, 3.05) is 0 Å². The molecule has 0 fully saturated rings. The Morgan fingerprint density at radius 3 is 2.09 bits per heavy atom. The zero-order chi connectivity index (χ0) is 15.7. The van der Waals surface area contributed by atoms with E-state index < -0.39 is 9.52 Å². The molecule has 1 atom stereocenters. The van der Waals surface area contributed by atoms with Crippen molar-refractivity contribution < 1.29 is 0 Å². The van der Waals surface area contributed by atoms with E-state index in [-0.39, 0.29) is 0 Å². The highest BCUT2D eigenvalue weighted by atomic mass is 28.2. The van der Waals surface area contributed by atoms with Crippen LogP contribution in [-0.2, 0) is 0 Å². The molecule has 0 saturated carbocycles. The highest BCUT2D eigenvalue weighted by molar-refractivity contribution is 6.63. The van der Waals surface area contributed by atoms with Gasteiger partial charge in [-0.25, -0.2) is 0 Å². The van der Waals surface area contributed by atoms with E-state index in [1.807, 2.05) is 0 Å². The predicted octanol–water partition coefficient (Wildman–Crippen LogP) is 4.19. The first-order chi connectivity index (χ1) is 10.6. The topological polar surface area (TPSA) is 0 Å². The van der Waals surface area contributed by atoms with Crippen LogP contribution in [0.3, 0.4) is 0 Å². The van der Waals surface area contributed by atoms with Crippen LogP contribution in [0.25, 0.3) is 5.57 Å². The first-order valence-electron chi connectivity index (χ1n) is 8.09. The Morgan fingerprint density at radius 2 is 1.45 bits per heavy atom. The highest BCUT2D eigenvalue weighted by Crippen LogP contribution is 2.41. The van der Waals surface area contributed by atoms with E-state index in [2.05, 4.69) is 82.3 Å². The third-order valence-corrected chi connectivity index (χ3v) is 7.18. The molecule has 0 amide bonds. The fraction of sp³-hybridized carbons (Fsp3) is 0.238. The van der Waals surface area contributed by atoms with Gasteiger partial charge in [0.1, 0.15) is 0 Å². The van der Waals surface area contributed by atoms with E-state index in [0.717, 1.165) is 0 Å². The van der Waals surface area contributed by atoms with Crippen molar-refractivity contribution in [3.8, 4) is 0 Å². The molecule has 1 aliphatic carbocycles. The Morgan fingerprint density at radius 1 is 0.818 bits per heavy atom. The zero-order valence-corrected chi connectivity index (χ0v) is 15.4. The first kappa shape index (κ1) is 15.0. The van der Waals surface area contributed by atoms with Gasteiger partial charge >= 0.3 is 0 Å². The molecule has 0 radical (unpaired) electrons. The van der Waals surface area contributed by atoms with Crippen LogP contribution in [0.15, 0.2) is 70.9 Å². The number of allylic oxidation sites excluding steroid dienone is 4. The molecular weight excluding hydrogens is 280 g/mol. The fourth-order valence-corrected chi connectivity index (χ4v) is 5.59. The molecule has 0 saturated heterocycles. The second-order valence-electron chi connectivity index (χ2n) is 6.45. The molecule has 2 aromatic rings. The van der Waals surface area contributed by atoms with Crippen LogP contribution >= 0.6 is 0 Å². The molecule has 1 heteroatoms.